The molecule has 0 amide bonds. The van der Waals surface area contributed by atoms with Crippen molar-refractivity contribution in [3.63, 3.8) is 0 Å². The van der Waals surface area contributed by atoms with Crippen molar-refractivity contribution in [1.82, 2.24) is 0 Å². The monoisotopic (exact) mass is 607 g/mol. The van der Waals surface area contributed by atoms with E-state index >= 15 is 0 Å². The van der Waals surface area contributed by atoms with Crippen LogP contribution in [0.4, 0.5) is 0 Å². The topological polar surface area (TPSA) is 78.6 Å². The molecule has 1 aromatic rings. The Balaban J connectivity index is 1.33. The minimum absolute atomic E-state index is 0.120. The van der Waals surface area contributed by atoms with Crippen molar-refractivity contribution in [2.75, 3.05) is 6.54 Å². The highest BCUT2D eigenvalue weighted by Gasteiger charge is 2.92. The number of hydrogen-bond donors (Lipinski definition) is 1. The highest BCUT2D eigenvalue weighted by atomic mass is 16.6. The zero-order chi connectivity index (χ0) is 31.0. The average molecular weight is 608 g/mol. The summed E-state index contributed by atoms with van der Waals surface area (Å²) in [6.45, 7) is 5.12. The number of fused-ring (bicyclic) bond motifs is 4. The third kappa shape index (κ3) is 3.65. The van der Waals surface area contributed by atoms with Crippen LogP contribution in [-0.2, 0) is 26.3 Å². The zero-order valence-corrected chi connectivity index (χ0v) is 27.1. The van der Waals surface area contributed by atoms with Crippen molar-refractivity contribution < 1.29 is 19.1 Å². The molecule has 3 fully saturated rings. The van der Waals surface area contributed by atoms with E-state index in [0.717, 1.165) is 80.6 Å². The Kier molecular flexibility index (Phi) is 7.09. The number of carbonyl (C=O) groups is 2. The Morgan fingerprint density at radius 2 is 1.96 bits per heavy atom. The predicted molar refractivity (Wildman–Crippen MR) is 175 cm³/mol. The maximum Gasteiger partial charge on any atom is 0.339 e. The maximum absolute atomic E-state index is 14.8. The summed E-state index contributed by atoms with van der Waals surface area (Å²) >= 11 is 0. The highest BCUT2D eigenvalue weighted by Crippen LogP contribution is 2.86. The smallest absolute Gasteiger partial charge is 0.339 e. The van der Waals surface area contributed by atoms with E-state index in [1.165, 1.54) is 36.8 Å². The Morgan fingerprint density at radius 1 is 1.11 bits per heavy atom. The first-order valence-electron chi connectivity index (χ1n) is 18.0. The van der Waals surface area contributed by atoms with E-state index in [-0.39, 0.29) is 17.9 Å². The standard InChI is InChI=1S/C40H49NO4/c1-3-10-33-39-31-21-20-28-25(2)11-6-17-29(28)30(31)22-23-38(39,34(44-37(39)43)19-7-14-26-12-4-5-13-26)40(33)32-18-8-15-27(16-9-24-41)35(32)36(42)45-40/h6,8,15,17-21,25-26,28-29,33H,3-5,7,9-14,16,22-24,41H2,1-2H3/t25-,28+,29-,33+,38+,39-,40-/m0/s1. The van der Waals surface area contributed by atoms with Crippen LogP contribution in [0.15, 0.2) is 65.5 Å². The summed E-state index contributed by atoms with van der Waals surface area (Å²) in [6, 6.07) is 6.26. The molecular formula is C40H49NO4. The van der Waals surface area contributed by atoms with Crippen molar-refractivity contribution >= 4 is 11.9 Å². The van der Waals surface area contributed by atoms with Crippen LogP contribution in [0.3, 0.4) is 0 Å². The molecule has 0 unspecified atom stereocenters. The van der Waals surface area contributed by atoms with Crippen molar-refractivity contribution in [3.05, 3.63) is 82.2 Å². The fourth-order valence-corrected chi connectivity index (χ4v) is 11.5. The molecule has 5 aliphatic carbocycles. The van der Waals surface area contributed by atoms with E-state index in [4.69, 9.17) is 15.2 Å². The summed E-state index contributed by atoms with van der Waals surface area (Å²) < 4.78 is 13.5. The molecule has 7 atom stereocenters. The summed E-state index contributed by atoms with van der Waals surface area (Å²) in [5, 5.41) is 0. The van der Waals surface area contributed by atoms with Gasteiger partial charge in [-0.25, -0.2) is 4.79 Å². The SMILES string of the molecule is CCC[C@@H]1[C@@]23C(=O)OC(=CCCC4CCCC4)[C@@]2(CCC2=C3C=C[C@H]3[C@@H]2C=CC[C@@H]3C)[C@@]12OC(=O)c1c(CCCN)cccc12. The number of aryl methyl sites for hydroxylation is 1. The van der Waals surface area contributed by atoms with E-state index in [1.807, 2.05) is 0 Å². The van der Waals surface area contributed by atoms with E-state index in [1.54, 1.807) is 0 Å². The second-order valence-corrected chi connectivity index (χ2v) is 15.1. The first kappa shape index (κ1) is 29.5. The second kappa shape index (κ2) is 10.8. The number of benzene rings is 1. The third-order valence-corrected chi connectivity index (χ3v) is 13.2. The first-order valence-corrected chi connectivity index (χ1v) is 18.0. The van der Waals surface area contributed by atoms with Crippen LogP contribution in [0, 0.1) is 40.4 Å². The molecule has 0 bridgehead atoms. The molecule has 45 heavy (non-hydrogen) atoms. The lowest BCUT2D eigenvalue weighted by atomic mass is 9.29. The van der Waals surface area contributed by atoms with Crippen LogP contribution in [0.1, 0.15) is 112 Å². The minimum Gasteiger partial charge on any atom is -0.449 e. The van der Waals surface area contributed by atoms with Crippen LogP contribution in [0.25, 0.3) is 0 Å². The van der Waals surface area contributed by atoms with Gasteiger partial charge in [-0.15, -0.1) is 0 Å². The normalized spacial score (nSPS) is 38.5. The lowest BCUT2D eigenvalue weighted by Gasteiger charge is -2.71. The van der Waals surface area contributed by atoms with Gasteiger partial charge in [-0.2, -0.15) is 0 Å². The number of hydrogen-bond acceptors (Lipinski definition) is 5. The molecule has 2 aliphatic heterocycles. The molecule has 238 valence electrons. The van der Waals surface area contributed by atoms with Crippen molar-refractivity contribution in [2.24, 2.45) is 46.2 Å². The van der Waals surface area contributed by atoms with Gasteiger partial charge >= 0.3 is 11.9 Å². The van der Waals surface area contributed by atoms with Gasteiger partial charge in [-0.1, -0.05) is 94.0 Å². The van der Waals surface area contributed by atoms with Crippen LogP contribution in [-0.4, -0.2) is 18.5 Å². The zero-order valence-electron chi connectivity index (χ0n) is 27.1. The highest BCUT2D eigenvalue weighted by molar-refractivity contribution is 6.00. The van der Waals surface area contributed by atoms with Gasteiger partial charge in [0.1, 0.15) is 11.2 Å². The molecule has 2 heterocycles. The minimum atomic E-state index is -0.918. The summed E-state index contributed by atoms with van der Waals surface area (Å²) in [5.74, 6) is 2.34. The molecule has 5 heteroatoms. The molecule has 1 aromatic carbocycles. The van der Waals surface area contributed by atoms with Gasteiger partial charge in [0.25, 0.3) is 0 Å². The molecule has 7 aliphatic rings. The van der Waals surface area contributed by atoms with Crippen molar-refractivity contribution in [2.45, 2.75) is 103 Å². The number of cyclic esters (lactones) is 1. The maximum atomic E-state index is 14.8. The summed E-state index contributed by atoms with van der Waals surface area (Å²) in [7, 11) is 0. The number of esters is 2. The molecule has 1 saturated heterocycles. The van der Waals surface area contributed by atoms with Gasteiger partial charge in [0.05, 0.1) is 11.0 Å². The molecule has 5 nitrogen and oxygen atoms in total. The number of nitrogens with two attached hydrogens (primary N) is 1. The quantitative estimate of drug-likeness (QED) is 0.238. The summed E-state index contributed by atoms with van der Waals surface area (Å²) in [5.41, 5.74) is 8.70. The average Bonchev–Trinajstić information content (AvgIpc) is 3.74. The van der Waals surface area contributed by atoms with Crippen molar-refractivity contribution in [1.29, 1.82) is 0 Å². The molecular weight excluding hydrogens is 558 g/mol. The molecule has 2 N–H and O–H groups in total. The van der Waals surface area contributed by atoms with Crippen LogP contribution in [0.2, 0.25) is 0 Å². The van der Waals surface area contributed by atoms with Gasteiger partial charge in [0, 0.05) is 17.4 Å². The number of rotatable bonds is 8. The van der Waals surface area contributed by atoms with E-state index < -0.39 is 16.4 Å². The van der Waals surface area contributed by atoms with Gasteiger partial charge in [-0.3, -0.25) is 4.79 Å². The van der Waals surface area contributed by atoms with E-state index in [2.05, 4.69) is 62.4 Å². The third-order valence-electron chi connectivity index (χ3n) is 13.2. The molecule has 8 rings (SSSR count). The lowest BCUT2D eigenvalue weighted by Crippen LogP contribution is -2.76. The van der Waals surface area contributed by atoms with E-state index in [0.29, 0.717) is 29.9 Å². The molecule has 0 radical (unpaired) electrons. The number of ether oxygens (including phenoxy) is 2. The Labute approximate surface area is 268 Å². The Bertz CT molecular complexity index is 1540. The fourth-order valence-electron chi connectivity index (χ4n) is 11.5. The number of carbonyl (C=O) groups excluding carboxylic acids is 2. The molecule has 0 aromatic heterocycles. The van der Waals surface area contributed by atoms with Gasteiger partial charge in [-0.05, 0) is 92.9 Å². The Morgan fingerprint density at radius 3 is 2.76 bits per heavy atom. The largest absolute Gasteiger partial charge is 0.449 e. The van der Waals surface area contributed by atoms with Gasteiger partial charge < -0.3 is 15.2 Å². The number of allylic oxidation sites excluding steroid dienone is 6. The summed E-state index contributed by atoms with van der Waals surface area (Å²) in [4.78, 5) is 28.9. The second-order valence-electron chi connectivity index (χ2n) is 15.1. The van der Waals surface area contributed by atoms with E-state index in [9.17, 15) is 9.59 Å². The fraction of sp³-hybridized carbons (Fsp3) is 0.600. The first-order chi connectivity index (χ1) is 22.0. The van der Waals surface area contributed by atoms with Crippen LogP contribution in [0.5, 0.6) is 0 Å². The van der Waals surface area contributed by atoms with Crippen LogP contribution >= 0.6 is 0 Å². The summed E-state index contributed by atoms with van der Waals surface area (Å²) in [6.07, 6.45) is 24.9. The van der Waals surface area contributed by atoms with Gasteiger partial charge in [0.2, 0.25) is 0 Å². The van der Waals surface area contributed by atoms with Crippen molar-refractivity contribution in [3.8, 4) is 0 Å². The predicted octanol–water partition coefficient (Wildman–Crippen LogP) is 8.25. The lowest BCUT2D eigenvalue weighted by molar-refractivity contribution is -0.275. The Hall–Kier alpha value is -2.92. The molecule has 1 spiro atoms. The van der Waals surface area contributed by atoms with Gasteiger partial charge in [0.15, 0.2) is 5.60 Å². The molecule has 2 saturated carbocycles. The van der Waals surface area contributed by atoms with Crippen LogP contribution < -0.4 is 5.73 Å².